The Bertz CT molecular complexity index is 381. The monoisotopic (exact) mass is 243 g/mol. The lowest BCUT2D eigenvalue weighted by Crippen LogP contribution is -2.17. The summed E-state index contributed by atoms with van der Waals surface area (Å²) in [6.45, 7) is 0. The van der Waals surface area contributed by atoms with E-state index in [9.17, 15) is 4.79 Å². The van der Waals surface area contributed by atoms with Crippen molar-refractivity contribution >= 4 is 17.6 Å². The van der Waals surface area contributed by atoms with Crippen molar-refractivity contribution in [1.29, 1.82) is 0 Å². The molecule has 0 bridgehead atoms. The molecule has 1 atom stereocenters. The number of benzene rings is 1. The highest BCUT2D eigenvalue weighted by atomic mass is 35.5. The second-order valence-electron chi connectivity index (χ2n) is 3.27. The average molecular weight is 244 g/mol. The van der Waals surface area contributed by atoms with Crippen molar-refractivity contribution in [2.24, 2.45) is 5.73 Å². The predicted octanol–water partition coefficient (Wildman–Crippen LogP) is 1.91. The Labute approximate surface area is 99.3 Å². The Hall–Kier alpha value is -1.26. The second-order valence-corrected chi connectivity index (χ2v) is 3.71. The molecule has 16 heavy (non-hydrogen) atoms. The minimum atomic E-state index is -0.485. The molecule has 0 unspecified atom stereocenters. The van der Waals surface area contributed by atoms with Gasteiger partial charge >= 0.3 is 5.97 Å². The van der Waals surface area contributed by atoms with Gasteiger partial charge in [-0.3, -0.25) is 4.79 Å². The van der Waals surface area contributed by atoms with Crippen molar-refractivity contribution in [1.82, 2.24) is 0 Å². The summed E-state index contributed by atoms with van der Waals surface area (Å²) < 4.78 is 9.70. The highest BCUT2D eigenvalue weighted by Crippen LogP contribution is 2.28. The van der Waals surface area contributed by atoms with Gasteiger partial charge in [0, 0.05) is 16.6 Å². The van der Waals surface area contributed by atoms with E-state index < -0.39 is 6.04 Å². The smallest absolute Gasteiger partial charge is 0.307 e. The van der Waals surface area contributed by atoms with Crippen molar-refractivity contribution in [3.63, 3.8) is 0 Å². The summed E-state index contributed by atoms with van der Waals surface area (Å²) >= 11 is 5.86. The first-order valence-electron chi connectivity index (χ1n) is 4.74. The first kappa shape index (κ1) is 12.8. The van der Waals surface area contributed by atoms with Gasteiger partial charge in [0.05, 0.1) is 20.6 Å². The Kier molecular flexibility index (Phi) is 4.58. The Morgan fingerprint density at radius 3 is 2.75 bits per heavy atom. The molecule has 0 aliphatic heterocycles. The van der Waals surface area contributed by atoms with Crippen LogP contribution in [0.2, 0.25) is 5.02 Å². The van der Waals surface area contributed by atoms with Crippen LogP contribution >= 0.6 is 11.6 Å². The van der Waals surface area contributed by atoms with Gasteiger partial charge in [-0.15, -0.1) is 0 Å². The van der Waals surface area contributed by atoms with Crippen molar-refractivity contribution in [2.45, 2.75) is 12.5 Å². The Balaban J connectivity index is 2.92. The van der Waals surface area contributed by atoms with Crippen molar-refractivity contribution < 1.29 is 14.3 Å². The van der Waals surface area contributed by atoms with Crippen molar-refractivity contribution in [3.8, 4) is 5.75 Å². The van der Waals surface area contributed by atoms with Crippen LogP contribution in [0.4, 0.5) is 0 Å². The predicted molar refractivity (Wildman–Crippen MR) is 61.6 cm³/mol. The number of rotatable bonds is 4. The largest absolute Gasteiger partial charge is 0.496 e. The summed E-state index contributed by atoms with van der Waals surface area (Å²) in [6, 6.07) is 4.62. The molecule has 0 heterocycles. The number of hydrogen-bond acceptors (Lipinski definition) is 4. The van der Waals surface area contributed by atoms with Gasteiger partial charge < -0.3 is 15.2 Å². The molecule has 1 aromatic rings. The van der Waals surface area contributed by atoms with Crippen LogP contribution in [0, 0.1) is 0 Å². The summed E-state index contributed by atoms with van der Waals surface area (Å²) in [6.07, 6.45) is 0.0905. The molecular weight excluding hydrogens is 230 g/mol. The van der Waals surface area contributed by atoms with E-state index in [1.54, 1.807) is 18.2 Å². The summed E-state index contributed by atoms with van der Waals surface area (Å²) in [5.74, 6) is 0.246. The molecule has 0 saturated heterocycles. The van der Waals surface area contributed by atoms with E-state index >= 15 is 0 Å². The molecule has 88 valence electrons. The lowest BCUT2D eigenvalue weighted by Gasteiger charge is -2.14. The van der Waals surface area contributed by atoms with E-state index in [0.717, 1.165) is 0 Å². The third kappa shape index (κ3) is 3.12. The van der Waals surface area contributed by atoms with E-state index in [1.165, 1.54) is 14.2 Å². The number of hydrogen-bond donors (Lipinski definition) is 1. The first-order valence-corrected chi connectivity index (χ1v) is 5.12. The summed E-state index contributed by atoms with van der Waals surface area (Å²) in [5, 5.41) is 0.552. The van der Waals surface area contributed by atoms with E-state index in [1.807, 2.05) is 0 Å². The molecule has 0 radical (unpaired) electrons. The lowest BCUT2D eigenvalue weighted by atomic mass is 10.0. The topological polar surface area (TPSA) is 61.5 Å². The molecule has 0 aromatic heterocycles. The summed E-state index contributed by atoms with van der Waals surface area (Å²) in [7, 11) is 2.86. The van der Waals surface area contributed by atoms with Crippen LogP contribution in [-0.4, -0.2) is 20.2 Å². The highest BCUT2D eigenvalue weighted by molar-refractivity contribution is 6.30. The fraction of sp³-hybridized carbons (Fsp3) is 0.364. The lowest BCUT2D eigenvalue weighted by molar-refractivity contribution is -0.141. The van der Waals surface area contributed by atoms with E-state index in [4.69, 9.17) is 22.1 Å². The van der Waals surface area contributed by atoms with Gasteiger partial charge in [-0.25, -0.2) is 0 Å². The molecule has 0 aliphatic rings. The van der Waals surface area contributed by atoms with Crippen LogP contribution in [0.5, 0.6) is 5.75 Å². The maximum atomic E-state index is 11.1. The van der Waals surface area contributed by atoms with Gasteiger partial charge in [-0.05, 0) is 18.2 Å². The summed E-state index contributed by atoms with van der Waals surface area (Å²) in [4.78, 5) is 11.1. The molecule has 1 aromatic carbocycles. The fourth-order valence-corrected chi connectivity index (χ4v) is 1.55. The van der Waals surface area contributed by atoms with E-state index in [2.05, 4.69) is 4.74 Å². The number of nitrogens with two attached hydrogens (primary N) is 1. The quantitative estimate of drug-likeness (QED) is 0.821. The zero-order valence-electron chi connectivity index (χ0n) is 9.20. The third-order valence-corrected chi connectivity index (χ3v) is 2.44. The molecule has 0 saturated carbocycles. The summed E-state index contributed by atoms with van der Waals surface area (Å²) in [5.41, 5.74) is 6.57. The van der Waals surface area contributed by atoms with Crippen LogP contribution in [0.1, 0.15) is 18.0 Å². The van der Waals surface area contributed by atoms with Crippen LogP contribution in [0.15, 0.2) is 18.2 Å². The van der Waals surface area contributed by atoms with Gasteiger partial charge in [0.25, 0.3) is 0 Å². The van der Waals surface area contributed by atoms with Crippen molar-refractivity contribution in [2.75, 3.05) is 14.2 Å². The van der Waals surface area contributed by atoms with E-state index in [0.29, 0.717) is 16.3 Å². The molecule has 5 heteroatoms. The Morgan fingerprint density at radius 2 is 2.19 bits per heavy atom. The second kappa shape index (κ2) is 5.72. The number of carbonyl (C=O) groups is 1. The van der Waals surface area contributed by atoms with Gasteiger partial charge in [-0.2, -0.15) is 0 Å². The number of methoxy groups -OCH3 is 2. The maximum absolute atomic E-state index is 11.1. The van der Waals surface area contributed by atoms with Gasteiger partial charge in [-0.1, -0.05) is 11.6 Å². The number of halogens is 1. The number of ether oxygens (including phenoxy) is 2. The minimum Gasteiger partial charge on any atom is -0.496 e. The number of esters is 1. The van der Waals surface area contributed by atoms with Gasteiger partial charge in [0.2, 0.25) is 0 Å². The SMILES string of the molecule is COC(=O)C[C@H](N)c1cc(Cl)ccc1OC. The number of carbonyl (C=O) groups excluding carboxylic acids is 1. The van der Waals surface area contributed by atoms with Crippen LogP contribution in [0.3, 0.4) is 0 Å². The minimum absolute atomic E-state index is 0.0905. The zero-order chi connectivity index (χ0) is 12.1. The van der Waals surface area contributed by atoms with Crippen LogP contribution in [-0.2, 0) is 9.53 Å². The Morgan fingerprint density at radius 1 is 1.50 bits per heavy atom. The van der Waals surface area contributed by atoms with Crippen LogP contribution in [0.25, 0.3) is 0 Å². The molecule has 0 aliphatic carbocycles. The van der Waals surface area contributed by atoms with Crippen molar-refractivity contribution in [3.05, 3.63) is 28.8 Å². The van der Waals surface area contributed by atoms with E-state index in [-0.39, 0.29) is 12.4 Å². The average Bonchev–Trinajstić information content (AvgIpc) is 2.28. The first-order chi connectivity index (χ1) is 7.58. The normalized spacial score (nSPS) is 12.0. The van der Waals surface area contributed by atoms with Crippen LogP contribution < -0.4 is 10.5 Å². The molecule has 2 N–H and O–H groups in total. The maximum Gasteiger partial charge on any atom is 0.307 e. The van der Waals surface area contributed by atoms with Gasteiger partial charge in [0.1, 0.15) is 5.75 Å². The molecule has 0 amide bonds. The third-order valence-electron chi connectivity index (χ3n) is 2.21. The zero-order valence-corrected chi connectivity index (χ0v) is 9.95. The molecule has 1 rings (SSSR count). The highest BCUT2D eigenvalue weighted by Gasteiger charge is 2.16. The molecule has 0 spiro atoms. The molecule has 4 nitrogen and oxygen atoms in total. The standard InChI is InChI=1S/C11H14ClNO3/c1-15-10-4-3-7(12)5-8(10)9(13)6-11(14)16-2/h3-5,9H,6,13H2,1-2H3/t9-/m0/s1. The molecular formula is C11H14ClNO3. The fourth-order valence-electron chi connectivity index (χ4n) is 1.37. The van der Waals surface area contributed by atoms with Gasteiger partial charge in [0.15, 0.2) is 0 Å². The molecule has 0 fully saturated rings.